The van der Waals surface area contributed by atoms with Crippen LogP contribution in [0.2, 0.25) is 5.15 Å². The number of hydrogen-bond acceptors (Lipinski definition) is 3. The molecule has 148 valence electrons. The molecule has 1 heterocycles. The Labute approximate surface area is 182 Å². The second-order valence-corrected chi connectivity index (χ2v) is 6.42. The van der Waals surface area contributed by atoms with E-state index in [0.717, 1.165) is 49.7 Å². The van der Waals surface area contributed by atoms with Crippen LogP contribution in [-0.4, -0.2) is 49.6 Å². The lowest BCUT2D eigenvalue weighted by Gasteiger charge is -2.18. The number of aliphatic imine (C=N–C) groups is 1. The molecule has 0 saturated carbocycles. The molecule has 0 spiro atoms. The van der Waals surface area contributed by atoms with Gasteiger partial charge in [0, 0.05) is 39.4 Å². The number of halogens is 3. The van der Waals surface area contributed by atoms with Crippen molar-refractivity contribution in [3.8, 4) is 0 Å². The number of rotatable bonds is 8. The van der Waals surface area contributed by atoms with Gasteiger partial charge in [0.05, 0.1) is 0 Å². The van der Waals surface area contributed by atoms with Gasteiger partial charge in [-0.15, -0.1) is 24.0 Å². The summed E-state index contributed by atoms with van der Waals surface area (Å²) in [6.45, 7) is 3.14. The number of benzene rings is 1. The van der Waals surface area contributed by atoms with E-state index in [1.165, 1.54) is 12.1 Å². The fourth-order valence-corrected chi connectivity index (χ4v) is 2.56. The second kappa shape index (κ2) is 12.9. The molecule has 0 radical (unpaired) electrons. The normalized spacial score (nSPS) is 11.2. The van der Waals surface area contributed by atoms with E-state index in [0.29, 0.717) is 5.15 Å². The Morgan fingerprint density at radius 3 is 2.41 bits per heavy atom. The number of likely N-dealkylation sites (N-methyl/N-ethyl adjacent to an activating group) is 1. The second-order valence-electron chi connectivity index (χ2n) is 6.03. The third-order valence-corrected chi connectivity index (χ3v) is 4.09. The maximum absolute atomic E-state index is 12.9. The SMILES string of the molecule is CN=C(NCCc1ccc(Cl)nc1)NCCN(C)Cc1ccc(F)cc1.I. The van der Waals surface area contributed by atoms with Crippen LogP contribution < -0.4 is 10.6 Å². The summed E-state index contributed by atoms with van der Waals surface area (Å²) in [5.74, 6) is 0.560. The zero-order valence-corrected chi connectivity index (χ0v) is 18.7. The van der Waals surface area contributed by atoms with Crippen LogP contribution in [0, 0.1) is 5.82 Å². The molecule has 5 nitrogen and oxygen atoms in total. The van der Waals surface area contributed by atoms with Crippen LogP contribution in [0.5, 0.6) is 0 Å². The van der Waals surface area contributed by atoms with Gasteiger partial charge in [-0.25, -0.2) is 9.37 Å². The smallest absolute Gasteiger partial charge is 0.191 e. The van der Waals surface area contributed by atoms with E-state index in [1.807, 2.05) is 25.2 Å². The van der Waals surface area contributed by atoms with Crippen molar-refractivity contribution in [1.82, 2.24) is 20.5 Å². The van der Waals surface area contributed by atoms with E-state index in [9.17, 15) is 4.39 Å². The van der Waals surface area contributed by atoms with Crippen molar-refractivity contribution >= 4 is 41.5 Å². The Hall–Kier alpha value is -1.45. The molecule has 0 amide bonds. The fourth-order valence-electron chi connectivity index (χ4n) is 2.45. The summed E-state index contributed by atoms with van der Waals surface area (Å²) in [6, 6.07) is 10.4. The minimum atomic E-state index is -0.206. The van der Waals surface area contributed by atoms with Gasteiger partial charge in [0.25, 0.3) is 0 Å². The van der Waals surface area contributed by atoms with Gasteiger partial charge in [-0.2, -0.15) is 0 Å². The standard InChI is InChI=1S/C19H25ClFN5.HI/c1-22-19(23-10-9-15-5-8-18(20)25-13-15)24-11-12-26(2)14-16-3-6-17(21)7-4-16;/h3-8,13H,9-12,14H2,1-2H3,(H2,22,23,24);1H. The summed E-state index contributed by atoms with van der Waals surface area (Å²) in [5, 5.41) is 7.07. The molecule has 2 aromatic rings. The highest BCUT2D eigenvalue weighted by Crippen LogP contribution is 2.06. The molecule has 0 atom stereocenters. The average Bonchev–Trinajstić information content (AvgIpc) is 2.64. The number of nitrogens with one attached hydrogen (secondary N) is 2. The van der Waals surface area contributed by atoms with Crippen molar-refractivity contribution in [3.05, 3.63) is 64.7 Å². The van der Waals surface area contributed by atoms with Crippen LogP contribution in [0.3, 0.4) is 0 Å². The molecule has 0 aliphatic heterocycles. The van der Waals surface area contributed by atoms with Gasteiger partial charge in [-0.1, -0.05) is 29.8 Å². The van der Waals surface area contributed by atoms with Gasteiger partial charge in [0.15, 0.2) is 5.96 Å². The van der Waals surface area contributed by atoms with Gasteiger partial charge in [0.2, 0.25) is 0 Å². The summed E-state index contributed by atoms with van der Waals surface area (Å²) in [6.07, 6.45) is 2.62. The lowest BCUT2D eigenvalue weighted by Crippen LogP contribution is -2.41. The summed E-state index contributed by atoms with van der Waals surface area (Å²) in [4.78, 5) is 10.5. The van der Waals surface area contributed by atoms with Crippen molar-refractivity contribution in [1.29, 1.82) is 0 Å². The maximum Gasteiger partial charge on any atom is 0.191 e. The van der Waals surface area contributed by atoms with Crippen LogP contribution >= 0.6 is 35.6 Å². The summed E-state index contributed by atoms with van der Waals surface area (Å²) in [7, 11) is 3.79. The molecule has 0 saturated heterocycles. The predicted molar refractivity (Wildman–Crippen MR) is 120 cm³/mol. The van der Waals surface area contributed by atoms with E-state index >= 15 is 0 Å². The number of guanidine groups is 1. The first kappa shape index (κ1) is 23.6. The molecule has 1 aromatic carbocycles. The molecule has 8 heteroatoms. The molecule has 1 aromatic heterocycles. The van der Waals surface area contributed by atoms with Crippen molar-refractivity contribution in [2.24, 2.45) is 4.99 Å². The summed E-state index contributed by atoms with van der Waals surface area (Å²) < 4.78 is 12.9. The van der Waals surface area contributed by atoms with Crippen molar-refractivity contribution in [3.63, 3.8) is 0 Å². The molecule has 0 bridgehead atoms. The molecule has 0 aliphatic rings. The van der Waals surface area contributed by atoms with Crippen LogP contribution in [0.25, 0.3) is 0 Å². The first-order chi connectivity index (χ1) is 12.6. The van der Waals surface area contributed by atoms with E-state index < -0.39 is 0 Å². The van der Waals surface area contributed by atoms with Gasteiger partial charge >= 0.3 is 0 Å². The third kappa shape index (κ3) is 9.34. The fraction of sp³-hybridized carbons (Fsp3) is 0.368. The molecule has 0 unspecified atom stereocenters. The summed E-state index contributed by atoms with van der Waals surface area (Å²) in [5.41, 5.74) is 2.21. The monoisotopic (exact) mass is 505 g/mol. The Kier molecular flexibility index (Phi) is 11.2. The minimum Gasteiger partial charge on any atom is -0.356 e. The predicted octanol–water partition coefficient (Wildman–Crippen LogP) is 3.33. The highest BCUT2D eigenvalue weighted by atomic mass is 127. The molecular formula is C19H26ClFIN5. The zero-order valence-electron chi connectivity index (χ0n) is 15.6. The molecule has 27 heavy (non-hydrogen) atoms. The highest BCUT2D eigenvalue weighted by molar-refractivity contribution is 14.0. The third-order valence-electron chi connectivity index (χ3n) is 3.87. The highest BCUT2D eigenvalue weighted by Gasteiger charge is 2.02. The van der Waals surface area contributed by atoms with Gasteiger partial charge in [-0.3, -0.25) is 4.99 Å². The van der Waals surface area contributed by atoms with Gasteiger partial charge < -0.3 is 15.5 Å². The maximum atomic E-state index is 12.9. The van der Waals surface area contributed by atoms with Gasteiger partial charge in [-0.05, 0) is 42.8 Å². The van der Waals surface area contributed by atoms with E-state index in [4.69, 9.17) is 11.6 Å². The number of pyridine rings is 1. The molecule has 0 fully saturated rings. The Morgan fingerprint density at radius 1 is 1.11 bits per heavy atom. The topological polar surface area (TPSA) is 52.6 Å². The first-order valence-corrected chi connectivity index (χ1v) is 8.92. The molecule has 2 N–H and O–H groups in total. The average molecular weight is 506 g/mol. The number of hydrogen-bond donors (Lipinski definition) is 2. The quantitative estimate of drug-likeness (QED) is 0.250. The first-order valence-electron chi connectivity index (χ1n) is 8.55. The Bertz CT molecular complexity index is 694. The number of aromatic nitrogens is 1. The Balaban J connectivity index is 0.00000364. The van der Waals surface area contributed by atoms with Crippen molar-refractivity contribution in [2.45, 2.75) is 13.0 Å². The largest absolute Gasteiger partial charge is 0.356 e. The Morgan fingerprint density at radius 2 is 1.78 bits per heavy atom. The lowest BCUT2D eigenvalue weighted by molar-refractivity contribution is 0.331. The summed E-state index contributed by atoms with van der Waals surface area (Å²) >= 11 is 5.78. The number of nitrogens with zero attached hydrogens (tertiary/aromatic N) is 3. The minimum absolute atomic E-state index is 0. The lowest BCUT2D eigenvalue weighted by atomic mass is 10.2. The van der Waals surface area contributed by atoms with E-state index in [-0.39, 0.29) is 29.8 Å². The van der Waals surface area contributed by atoms with Crippen LogP contribution in [0.4, 0.5) is 4.39 Å². The zero-order chi connectivity index (χ0) is 18.8. The van der Waals surface area contributed by atoms with Crippen LogP contribution in [-0.2, 0) is 13.0 Å². The van der Waals surface area contributed by atoms with Crippen molar-refractivity contribution in [2.75, 3.05) is 33.7 Å². The van der Waals surface area contributed by atoms with Crippen LogP contribution in [0.15, 0.2) is 47.6 Å². The molecule has 2 rings (SSSR count). The van der Waals surface area contributed by atoms with Crippen LogP contribution in [0.1, 0.15) is 11.1 Å². The van der Waals surface area contributed by atoms with E-state index in [2.05, 4.69) is 25.5 Å². The molecule has 0 aliphatic carbocycles. The molecular weight excluding hydrogens is 480 g/mol. The van der Waals surface area contributed by atoms with Gasteiger partial charge in [0.1, 0.15) is 11.0 Å². The van der Waals surface area contributed by atoms with E-state index in [1.54, 1.807) is 19.3 Å². The van der Waals surface area contributed by atoms with Crippen molar-refractivity contribution < 1.29 is 4.39 Å².